The molecule has 0 fully saturated rings. The molecule has 3 aromatic rings. The van der Waals surface area contributed by atoms with Crippen molar-refractivity contribution in [3.05, 3.63) is 106 Å². The Balaban J connectivity index is 1.58. The van der Waals surface area contributed by atoms with Gasteiger partial charge in [0.1, 0.15) is 12.4 Å². The topological polar surface area (TPSA) is 47.9 Å². The van der Waals surface area contributed by atoms with E-state index >= 15 is 0 Å². The third-order valence-corrected chi connectivity index (χ3v) is 4.77. The van der Waals surface area contributed by atoms with Gasteiger partial charge in [-0.15, -0.1) is 0 Å². The molecule has 0 radical (unpaired) electrons. The van der Waals surface area contributed by atoms with Gasteiger partial charge in [-0.25, -0.2) is 9.79 Å². The Bertz CT molecular complexity index is 1120. The lowest BCUT2D eigenvalue weighted by Crippen LogP contribution is -2.06. The highest BCUT2D eigenvalue weighted by molar-refractivity contribution is 6.30. The maximum atomic E-state index is 12.3. The summed E-state index contributed by atoms with van der Waals surface area (Å²) in [7, 11) is 0. The highest BCUT2D eigenvalue weighted by atomic mass is 35.5. The summed E-state index contributed by atoms with van der Waals surface area (Å²) in [5.74, 6) is 0.497. The van der Waals surface area contributed by atoms with E-state index < -0.39 is 5.97 Å². The number of para-hydroxylation sites is 1. The summed E-state index contributed by atoms with van der Waals surface area (Å²) in [5, 5.41) is 0.681. The molecule has 0 saturated heterocycles. The van der Waals surface area contributed by atoms with Crippen LogP contribution in [0.1, 0.15) is 22.3 Å². The first-order valence-electron chi connectivity index (χ1n) is 9.15. The van der Waals surface area contributed by atoms with Gasteiger partial charge in [0.2, 0.25) is 5.90 Å². The van der Waals surface area contributed by atoms with E-state index in [2.05, 4.69) is 4.99 Å². The van der Waals surface area contributed by atoms with Crippen LogP contribution in [0.3, 0.4) is 0 Å². The van der Waals surface area contributed by atoms with Crippen LogP contribution in [0.2, 0.25) is 5.02 Å². The number of rotatable bonds is 5. The van der Waals surface area contributed by atoms with Crippen LogP contribution in [0.15, 0.2) is 83.5 Å². The molecular weight excluding hydrogens is 386 g/mol. The first-order chi connectivity index (χ1) is 14.1. The molecule has 0 aliphatic carbocycles. The maximum absolute atomic E-state index is 12.3. The third-order valence-electron chi connectivity index (χ3n) is 4.51. The molecule has 0 spiro atoms. The molecule has 1 aliphatic rings. The van der Waals surface area contributed by atoms with Crippen molar-refractivity contribution in [2.45, 2.75) is 13.5 Å². The fourth-order valence-corrected chi connectivity index (χ4v) is 3.08. The number of cyclic esters (lactones) is 1. The normalized spacial score (nSPS) is 14.6. The highest BCUT2D eigenvalue weighted by Gasteiger charge is 2.25. The van der Waals surface area contributed by atoms with Crippen LogP contribution in [0.25, 0.3) is 6.08 Å². The fraction of sp³-hybridized carbons (Fsp3) is 0.0833. The quantitative estimate of drug-likeness (QED) is 0.413. The Morgan fingerprint density at radius 2 is 1.72 bits per heavy atom. The zero-order valence-corrected chi connectivity index (χ0v) is 16.5. The van der Waals surface area contributed by atoms with Gasteiger partial charge in [0, 0.05) is 16.1 Å². The monoisotopic (exact) mass is 403 g/mol. The number of ether oxygens (including phenoxy) is 2. The van der Waals surface area contributed by atoms with E-state index in [0.717, 1.165) is 22.3 Å². The number of halogens is 1. The number of esters is 1. The van der Waals surface area contributed by atoms with E-state index in [1.807, 2.05) is 79.7 Å². The smallest absolute Gasteiger partial charge is 0.363 e. The van der Waals surface area contributed by atoms with Crippen molar-refractivity contribution in [2.75, 3.05) is 0 Å². The molecule has 0 aromatic heterocycles. The predicted octanol–water partition coefficient (Wildman–Crippen LogP) is 5.57. The van der Waals surface area contributed by atoms with E-state index in [0.29, 0.717) is 23.3 Å². The molecule has 0 saturated carbocycles. The molecule has 0 atom stereocenters. The van der Waals surface area contributed by atoms with Gasteiger partial charge in [0.25, 0.3) is 0 Å². The Hall–Kier alpha value is -3.37. The van der Waals surface area contributed by atoms with Crippen LogP contribution in [0.4, 0.5) is 0 Å². The number of carbonyl (C=O) groups is 1. The Morgan fingerprint density at radius 1 is 1.00 bits per heavy atom. The first-order valence-corrected chi connectivity index (χ1v) is 9.53. The summed E-state index contributed by atoms with van der Waals surface area (Å²) in [6.07, 6.45) is 1.69. The molecule has 3 aromatic carbocycles. The molecule has 144 valence electrons. The SMILES string of the molecule is Cc1ccccc1C1=N/C(=C\c2ccccc2OCc2ccc(Cl)cc2)C(=O)O1. The minimum Gasteiger partial charge on any atom is -0.488 e. The van der Waals surface area contributed by atoms with Gasteiger partial charge in [0.15, 0.2) is 5.70 Å². The van der Waals surface area contributed by atoms with Gasteiger partial charge in [-0.2, -0.15) is 0 Å². The van der Waals surface area contributed by atoms with Crippen LogP contribution >= 0.6 is 11.6 Å². The van der Waals surface area contributed by atoms with E-state index in [4.69, 9.17) is 21.1 Å². The van der Waals surface area contributed by atoms with Crippen molar-refractivity contribution in [1.82, 2.24) is 0 Å². The van der Waals surface area contributed by atoms with Gasteiger partial charge in [-0.3, -0.25) is 0 Å². The zero-order chi connectivity index (χ0) is 20.2. The number of aliphatic imine (C=N–C) groups is 1. The standard InChI is InChI=1S/C24H18ClNO3/c1-16-6-2-4-8-20(16)23-26-21(24(27)29-23)14-18-7-3-5-9-22(18)28-15-17-10-12-19(25)13-11-17/h2-14H,15H2,1H3/b21-14-. The second-order valence-corrected chi connectivity index (χ2v) is 7.04. The molecule has 1 aliphatic heterocycles. The zero-order valence-electron chi connectivity index (χ0n) is 15.8. The minimum absolute atomic E-state index is 0.241. The first kappa shape index (κ1) is 19.0. The molecule has 0 amide bonds. The molecular formula is C24H18ClNO3. The van der Waals surface area contributed by atoms with Crippen molar-refractivity contribution in [2.24, 2.45) is 4.99 Å². The largest absolute Gasteiger partial charge is 0.488 e. The van der Waals surface area contributed by atoms with Gasteiger partial charge in [-0.1, -0.05) is 60.1 Å². The predicted molar refractivity (Wildman–Crippen MR) is 114 cm³/mol. The summed E-state index contributed by atoms with van der Waals surface area (Å²) in [4.78, 5) is 16.7. The Kier molecular flexibility index (Phi) is 5.45. The average molecular weight is 404 g/mol. The van der Waals surface area contributed by atoms with Crippen molar-refractivity contribution in [1.29, 1.82) is 0 Å². The average Bonchev–Trinajstić information content (AvgIpc) is 3.09. The number of aryl methyl sites for hydroxylation is 1. The second kappa shape index (κ2) is 8.33. The molecule has 29 heavy (non-hydrogen) atoms. The van der Waals surface area contributed by atoms with Gasteiger partial charge in [-0.05, 0) is 48.4 Å². The second-order valence-electron chi connectivity index (χ2n) is 6.60. The summed E-state index contributed by atoms with van der Waals surface area (Å²) in [5.41, 5.74) is 3.79. The summed E-state index contributed by atoms with van der Waals surface area (Å²) in [6.45, 7) is 2.34. The lowest BCUT2D eigenvalue weighted by atomic mass is 10.1. The summed E-state index contributed by atoms with van der Waals surface area (Å²) in [6, 6.07) is 22.6. The van der Waals surface area contributed by atoms with Crippen LogP contribution in [0.5, 0.6) is 5.75 Å². The van der Waals surface area contributed by atoms with Crippen molar-refractivity contribution < 1.29 is 14.3 Å². The summed E-state index contributed by atoms with van der Waals surface area (Å²) < 4.78 is 11.3. The van der Waals surface area contributed by atoms with Crippen LogP contribution in [-0.2, 0) is 16.1 Å². The number of nitrogens with zero attached hydrogens (tertiary/aromatic N) is 1. The van der Waals surface area contributed by atoms with Crippen LogP contribution in [0, 0.1) is 6.92 Å². The highest BCUT2D eigenvalue weighted by Crippen LogP contribution is 2.26. The fourth-order valence-electron chi connectivity index (χ4n) is 2.96. The molecule has 0 N–H and O–H groups in total. The van der Waals surface area contributed by atoms with Crippen molar-refractivity contribution >= 4 is 29.5 Å². The lowest BCUT2D eigenvalue weighted by Gasteiger charge is -2.09. The molecule has 4 nitrogen and oxygen atoms in total. The van der Waals surface area contributed by atoms with Crippen LogP contribution < -0.4 is 4.74 Å². The molecule has 0 bridgehead atoms. The van der Waals surface area contributed by atoms with E-state index in [-0.39, 0.29) is 5.70 Å². The number of hydrogen-bond acceptors (Lipinski definition) is 4. The minimum atomic E-state index is -0.476. The maximum Gasteiger partial charge on any atom is 0.363 e. The third kappa shape index (κ3) is 4.39. The van der Waals surface area contributed by atoms with Crippen molar-refractivity contribution in [3.8, 4) is 5.75 Å². The van der Waals surface area contributed by atoms with Crippen molar-refractivity contribution in [3.63, 3.8) is 0 Å². The van der Waals surface area contributed by atoms with Gasteiger partial charge in [0.05, 0.1) is 0 Å². The number of benzene rings is 3. The van der Waals surface area contributed by atoms with E-state index in [9.17, 15) is 4.79 Å². The molecule has 5 heteroatoms. The van der Waals surface area contributed by atoms with Gasteiger partial charge >= 0.3 is 5.97 Å². The Labute approximate surface area is 174 Å². The molecule has 4 rings (SSSR count). The van der Waals surface area contributed by atoms with Crippen LogP contribution in [-0.4, -0.2) is 11.9 Å². The molecule has 1 heterocycles. The van der Waals surface area contributed by atoms with E-state index in [1.165, 1.54) is 0 Å². The number of hydrogen-bond donors (Lipinski definition) is 0. The lowest BCUT2D eigenvalue weighted by molar-refractivity contribution is -0.129. The summed E-state index contributed by atoms with van der Waals surface area (Å²) >= 11 is 5.92. The number of carbonyl (C=O) groups excluding carboxylic acids is 1. The molecule has 0 unspecified atom stereocenters. The Morgan fingerprint density at radius 3 is 2.52 bits per heavy atom. The van der Waals surface area contributed by atoms with E-state index in [1.54, 1.807) is 6.08 Å². The van der Waals surface area contributed by atoms with Gasteiger partial charge < -0.3 is 9.47 Å².